The summed E-state index contributed by atoms with van der Waals surface area (Å²) >= 11 is 16.4. The number of hydrogen-bond donors (Lipinski definition) is 3. The van der Waals surface area contributed by atoms with E-state index >= 15 is 0 Å². The molecule has 1 amide bonds. The van der Waals surface area contributed by atoms with Gasteiger partial charge in [0.2, 0.25) is 5.88 Å². The van der Waals surface area contributed by atoms with E-state index in [-0.39, 0.29) is 23.8 Å². The highest BCUT2D eigenvalue weighted by Crippen LogP contribution is 2.47. The van der Waals surface area contributed by atoms with Gasteiger partial charge in [-0.25, -0.2) is 4.98 Å². The molecular weight excluding hydrogens is 639 g/mol. The Morgan fingerprint density at radius 2 is 1.81 bits per heavy atom. The van der Waals surface area contributed by atoms with Gasteiger partial charge in [-0.3, -0.25) is 4.79 Å². The molecule has 0 radical (unpaired) electrons. The molecule has 4 aromatic rings. The van der Waals surface area contributed by atoms with Crippen LogP contribution >= 0.6 is 39.1 Å². The molecule has 0 aliphatic carbocycles. The van der Waals surface area contributed by atoms with Crippen LogP contribution in [0.15, 0.2) is 77.3 Å². The Hall–Kier alpha value is -3.10. The topological polar surface area (TPSA) is 91.7 Å². The number of carbonyl (C=O) groups excluding carboxylic acids is 1. The Balaban J connectivity index is 1.52. The lowest BCUT2D eigenvalue weighted by atomic mass is 9.78. The van der Waals surface area contributed by atoms with E-state index < -0.39 is 17.1 Å². The molecule has 2 unspecified atom stereocenters. The lowest BCUT2D eigenvalue weighted by Gasteiger charge is -2.40. The number of phenolic OH excluding ortho intramolecular Hbond substituents is 1. The molecule has 218 valence electrons. The van der Waals surface area contributed by atoms with E-state index in [0.717, 1.165) is 26.7 Å². The molecule has 3 aromatic carbocycles. The van der Waals surface area contributed by atoms with Crippen molar-refractivity contribution in [1.29, 1.82) is 0 Å². The van der Waals surface area contributed by atoms with Crippen molar-refractivity contribution in [2.24, 2.45) is 0 Å². The normalized spacial score (nSPS) is 17.1. The number of aromatic hydroxyl groups is 1. The molecule has 0 fully saturated rings. The maximum Gasteiger partial charge on any atom is 0.255 e. The average Bonchev–Trinajstić information content (AvgIpc) is 2.91. The van der Waals surface area contributed by atoms with Crippen LogP contribution in [0.1, 0.15) is 55.5 Å². The highest BCUT2D eigenvalue weighted by molar-refractivity contribution is 9.10. The zero-order valence-corrected chi connectivity index (χ0v) is 26.5. The van der Waals surface area contributed by atoms with Crippen molar-refractivity contribution in [2.45, 2.75) is 50.7 Å². The molecule has 0 spiro atoms. The first-order valence-corrected chi connectivity index (χ1v) is 15.1. The molecule has 1 aliphatic heterocycles. The molecule has 0 saturated heterocycles. The van der Waals surface area contributed by atoms with Gasteiger partial charge in [0, 0.05) is 32.7 Å². The van der Waals surface area contributed by atoms with Gasteiger partial charge >= 0.3 is 0 Å². The maximum absolute atomic E-state index is 12.7. The molecule has 3 N–H and O–H groups in total. The number of pyridine rings is 1. The van der Waals surface area contributed by atoms with Gasteiger partial charge in [0.1, 0.15) is 11.4 Å². The van der Waals surface area contributed by atoms with Crippen molar-refractivity contribution >= 4 is 45.0 Å². The number of amides is 1. The van der Waals surface area contributed by atoms with Gasteiger partial charge in [0.05, 0.1) is 21.9 Å². The highest BCUT2D eigenvalue weighted by atomic mass is 79.9. The minimum atomic E-state index is -1.26. The molecule has 2 heterocycles. The Bertz CT molecular complexity index is 1640. The van der Waals surface area contributed by atoms with Crippen LogP contribution in [0.3, 0.4) is 0 Å². The van der Waals surface area contributed by atoms with Crippen molar-refractivity contribution in [3.8, 4) is 34.0 Å². The molecule has 9 heteroatoms. The van der Waals surface area contributed by atoms with Crippen LogP contribution in [-0.4, -0.2) is 38.9 Å². The van der Waals surface area contributed by atoms with Gasteiger partial charge in [-0.05, 0) is 87.6 Å². The fourth-order valence-electron chi connectivity index (χ4n) is 5.45. The van der Waals surface area contributed by atoms with E-state index in [1.807, 2.05) is 56.3 Å². The quantitative estimate of drug-likeness (QED) is 0.184. The first kappa shape index (κ1) is 30.4. The Morgan fingerprint density at radius 1 is 1.10 bits per heavy atom. The van der Waals surface area contributed by atoms with E-state index in [9.17, 15) is 15.0 Å². The summed E-state index contributed by atoms with van der Waals surface area (Å²) in [5, 5.41) is 25.4. The molecule has 0 saturated carbocycles. The van der Waals surface area contributed by atoms with Crippen molar-refractivity contribution in [3.05, 3.63) is 98.4 Å². The summed E-state index contributed by atoms with van der Waals surface area (Å²) in [7, 11) is 0. The molecule has 1 aliphatic rings. The monoisotopic (exact) mass is 668 g/mol. The number of nitrogens with one attached hydrogen (secondary N) is 1. The zero-order valence-electron chi connectivity index (χ0n) is 23.4. The molecule has 5 rings (SSSR count). The average molecular weight is 670 g/mol. The number of rotatable bonds is 7. The zero-order chi connectivity index (χ0) is 30.2. The summed E-state index contributed by atoms with van der Waals surface area (Å²) in [4.78, 5) is 17.8. The van der Waals surface area contributed by atoms with Crippen molar-refractivity contribution < 1.29 is 19.7 Å². The summed E-state index contributed by atoms with van der Waals surface area (Å²) in [6, 6.07) is 21.6. The minimum Gasteiger partial charge on any atom is -0.507 e. The lowest BCUT2D eigenvalue weighted by Crippen LogP contribution is -2.44. The van der Waals surface area contributed by atoms with Crippen LogP contribution in [0.4, 0.5) is 0 Å². The highest BCUT2D eigenvalue weighted by Gasteiger charge is 2.39. The summed E-state index contributed by atoms with van der Waals surface area (Å²) in [6.45, 7) is 5.69. The van der Waals surface area contributed by atoms with Crippen LogP contribution in [0.5, 0.6) is 11.6 Å². The van der Waals surface area contributed by atoms with Crippen LogP contribution in [-0.2, 0) is 0 Å². The predicted molar refractivity (Wildman–Crippen MR) is 171 cm³/mol. The third-order valence-corrected chi connectivity index (χ3v) is 8.43. The fraction of sp³-hybridized carbons (Fsp3) is 0.273. The second-order valence-electron chi connectivity index (χ2n) is 11.6. The van der Waals surface area contributed by atoms with E-state index in [0.29, 0.717) is 34.5 Å². The number of para-hydroxylation sites is 1. The Kier molecular flexibility index (Phi) is 8.59. The van der Waals surface area contributed by atoms with Crippen LogP contribution in [0, 0.1) is 0 Å². The van der Waals surface area contributed by atoms with Gasteiger partial charge in [0.15, 0.2) is 0 Å². The molecule has 42 heavy (non-hydrogen) atoms. The number of halogens is 3. The Morgan fingerprint density at radius 3 is 2.50 bits per heavy atom. The van der Waals surface area contributed by atoms with E-state index in [1.165, 1.54) is 12.1 Å². The standard InChI is InChI=1S/C33H31BrCl2N2O4/c1-32(2)16-20(17-33(3,41)18-37-30(40)24-6-4-5-7-28(24)39)26-15-25(19-8-11-22(35)12-9-19)29(38-31(26)42-32)23-13-10-21(34)14-27(23)36/h4-15,20,39,41H,16-18H2,1-3H3,(H,37,40). The SMILES string of the molecule is CC(O)(CNC(=O)c1ccccc1O)CC1CC(C)(C)Oc2nc(-c3ccc(Br)cc3Cl)c(-c3ccc(Cl)cc3)cc21. The van der Waals surface area contributed by atoms with Gasteiger partial charge in [-0.2, -0.15) is 0 Å². The largest absolute Gasteiger partial charge is 0.507 e. The number of carbonyl (C=O) groups is 1. The van der Waals surface area contributed by atoms with Gasteiger partial charge in [-0.15, -0.1) is 0 Å². The third kappa shape index (κ3) is 6.76. The molecule has 0 bridgehead atoms. The summed E-state index contributed by atoms with van der Waals surface area (Å²) in [5.41, 5.74) is 2.41. The van der Waals surface area contributed by atoms with Crippen molar-refractivity contribution in [3.63, 3.8) is 0 Å². The van der Waals surface area contributed by atoms with Gasteiger partial charge < -0.3 is 20.3 Å². The molecule has 2 atom stereocenters. The Labute approximate surface area is 263 Å². The smallest absolute Gasteiger partial charge is 0.255 e. The number of ether oxygens (including phenoxy) is 1. The summed E-state index contributed by atoms with van der Waals surface area (Å²) in [6.07, 6.45) is 0.970. The van der Waals surface area contributed by atoms with Gasteiger partial charge in [0.25, 0.3) is 5.91 Å². The summed E-state index contributed by atoms with van der Waals surface area (Å²) < 4.78 is 7.26. The van der Waals surface area contributed by atoms with Crippen LogP contribution < -0.4 is 10.1 Å². The van der Waals surface area contributed by atoms with Crippen molar-refractivity contribution in [1.82, 2.24) is 10.3 Å². The third-order valence-electron chi connectivity index (χ3n) is 7.37. The molecule has 6 nitrogen and oxygen atoms in total. The number of fused-ring (bicyclic) bond motifs is 1. The number of benzene rings is 3. The second kappa shape index (κ2) is 11.9. The number of aromatic nitrogens is 1. The first-order chi connectivity index (χ1) is 19.8. The van der Waals surface area contributed by atoms with E-state index in [2.05, 4.69) is 27.3 Å². The molecule has 1 aromatic heterocycles. The van der Waals surface area contributed by atoms with Crippen LogP contribution in [0.25, 0.3) is 22.4 Å². The number of hydrogen-bond acceptors (Lipinski definition) is 5. The number of aliphatic hydroxyl groups is 1. The van der Waals surface area contributed by atoms with E-state index in [4.69, 9.17) is 32.9 Å². The fourth-order valence-corrected chi connectivity index (χ4v) is 6.33. The second-order valence-corrected chi connectivity index (χ2v) is 13.3. The lowest BCUT2D eigenvalue weighted by molar-refractivity contribution is 0.0159. The van der Waals surface area contributed by atoms with Crippen molar-refractivity contribution in [2.75, 3.05) is 6.54 Å². The predicted octanol–water partition coefficient (Wildman–Crippen LogP) is 8.41. The number of nitrogens with zero attached hydrogens (tertiary/aromatic N) is 1. The number of phenols is 1. The minimum absolute atomic E-state index is 0.00264. The summed E-state index contributed by atoms with van der Waals surface area (Å²) in [5.74, 6) is -0.216. The van der Waals surface area contributed by atoms with Crippen LogP contribution in [0.2, 0.25) is 10.0 Å². The van der Waals surface area contributed by atoms with E-state index in [1.54, 1.807) is 19.1 Å². The maximum atomic E-state index is 12.7. The first-order valence-electron chi connectivity index (χ1n) is 13.6. The molecular formula is C33H31BrCl2N2O4. The van der Waals surface area contributed by atoms with Gasteiger partial charge in [-0.1, -0.05) is 69.5 Å².